The van der Waals surface area contributed by atoms with E-state index < -0.39 is 0 Å². The molecule has 29 heavy (non-hydrogen) atoms. The van der Waals surface area contributed by atoms with Gasteiger partial charge >= 0.3 is 0 Å². The van der Waals surface area contributed by atoms with E-state index in [2.05, 4.69) is 73.1 Å². The molecule has 158 valence electrons. The minimum absolute atomic E-state index is 0.127. The van der Waals surface area contributed by atoms with Gasteiger partial charge in [0.25, 0.3) is 0 Å². The number of aliphatic hydroxyl groups excluding tert-OH is 1. The van der Waals surface area contributed by atoms with Crippen LogP contribution in [0.4, 0.5) is 5.69 Å². The van der Waals surface area contributed by atoms with E-state index in [0.29, 0.717) is 6.61 Å². The molecule has 5 heteroatoms. The lowest BCUT2D eigenvalue weighted by molar-refractivity contribution is 0.0736. The smallest absolute Gasteiger partial charge is 0.0772 e. The Bertz CT molecular complexity index is 758. The summed E-state index contributed by atoms with van der Waals surface area (Å²) < 4.78 is 5.21. The van der Waals surface area contributed by atoms with Gasteiger partial charge in [-0.25, -0.2) is 0 Å². The molecule has 3 rings (SSSR count). The molecule has 0 radical (unpaired) electrons. The summed E-state index contributed by atoms with van der Waals surface area (Å²) in [5.74, 6) is 0. The summed E-state index contributed by atoms with van der Waals surface area (Å²) in [5.41, 5.74) is 3.40. The predicted molar refractivity (Wildman–Crippen MR) is 124 cm³/mol. The number of aliphatic hydroxyl groups is 1. The van der Waals surface area contributed by atoms with Gasteiger partial charge in [0.05, 0.1) is 25.5 Å². The van der Waals surface area contributed by atoms with Crippen LogP contribution in [-0.2, 0) is 4.74 Å². The number of fused-ring (bicyclic) bond motifs is 2. The number of benzene rings is 2. The number of nitrogens with zero attached hydrogens (tertiary/aromatic N) is 2. The van der Waals surface area contributed by atoms with Crippen molar-refractivity contribution in [2.45, 2.75) is 43.4 Å². The summed E-state index contributed by atoms with van der Waals surface area (Å²) in [6.07, 6.45) is 2.39. The fourth-order valence-corrected chi connectivity index (χ4v) is 4.25. The molecular weight excluding hydrogens is 380 g/mol. The Hall–Kier alpha value is -1.66. The highest BCUT2D eigenvalue weighted by atomic mass is 32.2. The van der Waals surface area contributed by atoms with Crippen LogP contribution in [0, 0.1) is 0 Å². The lowest BCUT2D eigenvalue weighted by atomic mass is 10.1. The minimum Gasteiger partial charge on any atom is -0.394 e. The van der Waals surface area contributed by atoms with Gasteiger partial charge in [-0.2, -0.15) is 0 Å². The summed E-state index contributed by atoms with van der Waals surface area (Å²) in [5, 5.41) is 8.50. The van der Waals surface area contributed by atoms with Gasteiger partial charge in [-0.15, -0.1) is 0 Å². The van der Waals surface area contributed by atoms with Crippen molar-refractivity contribution in [3.63, 3.8) is 0 Å². The van der Waals surface area contributed by atoms with E-state index in [4.69, 9.17) is 9.84 Å². The van der Waals surface area contributed by atoms with Crippen LogP contribution in [0.3, 0.4) is 0 Å². The number of aliphatic imine (C=N–C) groups is 1. The van der Waals surface area contributed by atoms with Crippen LogP contribution in [0.1, 0.15) is 39.2 Å². The number of hydrogen-bond acceptors (Lipinski definition) is 5. The fraction of sp³-hybridized carbons (Fsp3) is 0.458. The van der Waals surface area contributed by atoms with Gasteiger partial charge in [-0.05, 0) is 51.1 Å². The van der Waals surface area contributed by atoms with Crippen LogP contribution >= 0.6 is 11.8 Å². The molecular formula is C24H34N2O2S. The molecule has 2 aromatic rings. The van der Waals surface area contributed by atoms with Gasteiger partial charge in [0.2, 0.25) is 0 Å². The number of rotatable bonds is 9. The molecule has 1 aliphatic rings. The molecule has 0 saturated heterocycles. The van der Waals surface area contributed by atoms with E-state index in [-0.39, 0.29) is 6.61 Å². The lowest BCUT2D eigenvalue weighted by Gasteiger charge is -2.20. The Balaban J connectivity index is 0.000000213. The molecule has 0 unspecified atom stereocenters. The summed E-state index contributed by atoms with van der Waals surface area (Å²) in [6, 6.07) is 16.7. The molecule has 0 fully saturated rings. The zero-order chi connectivity index (χ0) is 20.9. The monoisotopic (exact) mass is 414 g/mol. The topological polar surface area (TPSA) is 45.1 Å². The van der Waals surface area contributed by atoms with Crippen LogP contribution in [-0.4, -0.2) is 55.2 Å². The molecule has 1 aliphatic heterocycles. The first kappa shape index (κ1) is 23.6. The molecule has 4 nitrogen and oxygen atoms in total. The van der Waals surface area contributed by atoms with E-state index in [9.17, 15) is 0 Å². The van der Waals surface area contributed by atoms with Crippen molar-refractivity contribution in [3.8, 4) is 0 Å². The largest absolute Gasteiger partial charge is 0.394 e. The third-order valence-corrected chi connectivity index (χ3v) is 5.66. The normalized spacial score (nSPS) is 12.4. The fourth-order valence-electron chi connectivity index (χ4n) is 3.18. The van der Waals surface area contributed by atoms with Gasteiger partial charge < -0.3 is 14.7 Å². The summed E-state index contributed by atoms with van der Waals surface area (Å²) in [7, 11) is 0. The maximum Gasteiger partial charge on any atom is 0.0772 e. The summed E-state index contributed by atoms with van der Waals surface area (Å²) in [4.78, 5) is 9.59. The molecule has 0 amide bonds. The highest BCUT2D eigenvalue weighted by Crippen LogP contribution is 2.39. The maximum absolute atomic E-state index is 8.50. The summed E-state index contributed by atoms with van der Waals surface area (Å²) >= 11 is 1.79. The van der Waals surface area contributed by atoms with Crippen molar-refractivity contribution in [2.75, 3.05) is 39.5 Å². The van der Waals surface area contributed by atoms with E-state index in [1.54, 1.807) is 11.8 Å². The highest BCUT2D eigenvalue weighted by Gasteiger charge is 2.13. The predicted octanol–water partition coefficient (Wildman–Crippen LogP) is 5.41. The first-order chi connectivity index (χ1) is 14.2. The van der Waals surface area contributed by atoms with Crippen LogP contribution in [0.5, 0.6) is 0 Å². The molecule has 2 aromatic carbocycles. The number of para-hydroxylation sites is 1. The van der Waals surface area contributed by atoms with Crippen LogP contribution in [0.2, 0.25) is 0 Å². The van der Waals surface area contributed by atoms with E-state index in [0.717, 1.165) is 37.6 Å². The molecule has 0 aliphatic carbocycles. The molecule has 0 aromatic heterocycles. The minimum atomic E-state index is 0.127. The SMILES string of the molecule is CC1=Nc2ccccc2Sc2ccccc21.CCCN(CCC)CCOCCO. The Morgan fingerprint density at radius 2 is 1.55 bits per heavy atom. The van der Waals surface area contributed by atoms with Crippen molar-refractivity contribution in [2.24, 2.45) is 4.99 Å². The van der Waals surface area contributed by atoms with E-state index >= 15 is 0 Å². The second-order valence-electron chi connectivity index (χ2n) is 6.94. The first-order valence-corrected chi connectivity index (χ1v) is 11.3. The first-order valence-electron chi connectivity index (χ1n) is 10.5. The maximum atomic E-state index is 8.50. The Morgan fingerprint density at radius 3 is 2.24 bits per heavy atom. The Kier molecular flexibility index (Phi) is 11.0. The van der Waals surface area contributed by atoms with E-state index in [1.165, 1.54) is 28.2 Å². The molecule has 1 heterocycles. The molecule has 1 N–H and O–H groups in total. The lowest BCUT2D eigenvalue weighted by Crippen LogP contribution is -2.29. The molecule has 0 spiro atoms. The average Bonchev–Trinajstić information content (AvgIpc) is 2.88. The van der Waals surface area contributed by atoms with Crippen LogP contribution < -0.4 is 0 Å². The number of ether oxygens (including phenoxy) is 1. The van der Waals surface area contributed by atoms with E-state index in [1.807, 2.05) is 6.07 Å². The number of hydrogen-bond donors (Lipinski definition) is 1. The third-order valence-electron chi connectivity index (χ3n) is 4.52. The summed E-state index contributed by atoms with van der Waals surface area (Å²) in [6.45, 7) is 11.1. The zero-order valence-corrected chi connectivity index (χ0v) is 18.8. The third kappa shape index (κ3) is 7.94. The average molecular weight is 415 g/mol. The van der Waals surface area contributed by atoms with Crippen molar-refractivity contribution in [1.29, 1.82) is 0 Å². The van der Waals surface area contributed by atoms with Gasteiger partial charge in [-0.3, -0.25) is 4.99 Å². The van der Waals surface area contributed by atoms with Crippen molar-refractivity contribution < 1.29 is 9.84 Å². The van der Waals surface area contributed by atoms with Crippen molar-refractivity contribution in [1.82, 2.24) is 4.90 Å². The van der Waals surface area contributed by atoms with Crippen LogP contribution in [0.25, 0.3) is 0 Å². The molecule has 0 saturated carbocycles. The van der Waals surface area contributed by atoms with Crippen molar-refractivity contribution >= 4 is 23.2 Å². The zero-order valence-electron chi connectivity index (χ0n) is 17.9. The molecule has 0 atom stereocenters. The van der Waals surface area contributed by atoms with Gasteiger partial charge in [0.15, 0.2) is 0 Å². The van der Waals surface area contributed by atoms with Gasteiger partial charge in [0, 0.05) is 27.6 Å². The highest BCUT2D eigenvalue weighted by molar-refractivity contribution is 7.99. The second kappa shape index (κ2) is 13.5. The van der Waals surface area contributed by atoms with Crippen LogP contribution in [0.15, 0.2) is 63.3 Å². The van der Waals surface area contributed by atoms with Gasteiger partial charge in [0.1, 0.15) is 0 Å². The quantitative estimate of drug-likeness (QED) is 0.557. The second-order valence-corrected chi connectivity index (χ2v) is 8.02. The Morgan fingerprint density at radius 1 is 0.897 bits per heavy atom. The van der Waals surface area contributed by atoms with Crippen molar-refractivity contribution in [3.05, 3.63) is 54.1 Å². The van der Waals surface area contributed by atoms with Gasteiger partial charge in [-0.1, -0.05) is 55.9 Å². The Labute approximate surface area is 180 Å². The standard InChI is InChI=1S/C14H11NS.C10H23NO2/c1-10-11-6-2-4-8-13(11)16-14-9-5-3-7-12(14)15-10;1-3-5-11(6-4-2)7-9-13-10-8-12/h2-9H,1H3;12H,3-10H2,1-2H3. The molecule has 0 bridgehead atoms.